The number of nitriles is 1. The van der Waals surface area contributed by atoms with Crippen LogP contribution in [-0.4, -0.2) is 40.2 Å². The largest absolute Gasteiger partial charge is 0.443 e. The summed E-state index contributed by atoms with van der Waals surface area (Å²) in [7, 11) is 3.82. The van der Waals surface area contributed by atoms with Crippen LogP contribution in [-0.2, 0) is 11.3 Å². The van der Waals surface area contributed by atoms with Gasteiger partial charge in [-0.1, -0.05) is 0 Å². The maximum Gasteiger partial charge on any atom is 0.421 e. The second kappa shape index (κ2) is 5.78. The lowest BCUT2D eigenvalue weighted by Gasteiger charge is -2.20. The normalized spacial score (nSPS) is 11.7. The molecule has 2 rings (SSSR count). The van der Waals surface area contributed by atoms with Gasteiger partial charge in [0.15, 0.2) is 5.65 Å². The molecule has 0 saturated carbocycles. The predicted octanol–water partition coefficient (Wildman–Crippen LogP) is 2.75. The number of hydrogen-bond donors (Lipinski definition) is 0. The summed E-state index contributed by atoms with van der Waals surface area (Å²) in [4.78, 5) is 18.7. The Hall–Kier alpha value is -2.39. The van der Waals surface area contributed by atoms with Gasteiger partial charge in [0.05, 0.1) is 0 Å². The monoisotopic (exact) mass is 300 g/mol. The topological polar surface area (TPSA) is 71.2 Å². The van der Waals surface area contributed by atoms with Crippen LogP contribution >= 0.6 is 0 Å². The van der Waals surface area contributed by atoms with Crippen LogP contribution in [0, 0.1) is 11.3 Å². The van der Waals surface area contributed by atoms with E-state index in [1.807, 2.05) is 25.1 Å². The molecule has 0 fully saturated rings. The minimum Gasteiger partial charge on any atom is -0.443 e. The fourth-order valence-corrected chi connectivity index (χ4v) is 2.26. The van der Waals surface area contributed by atoms with Gasteiger partial charge in [-0.25, -0.2) is 14.3 Å². The van der Waals surface area contributed by atoms with E-state index < -0.39 is 11.7 Å². The van der Waals surface area contributed by atoms with E-state index in [-0.39, 0.29) is 5.69 Å². The lowest BCUT2D eigenvalue weighted by atomic mass is 10.1. The maximum absolute atomic E-state index is 12.5. The van der Waals surface area contributed by atoms with Gasteiger partial charge in [0.1, 0.15) is 17.4 Å². The molecule has 0 aliphatic rings. The molecule has 2 heterocycles. The number of pyridine rings is 1. The van der Waals surface area contributed by atoms with Crippen molar-refractivity contribution >= 4 is 17.1 Å². The molecule has 2 aromatic heterocycles. The number of ether oxygens (including phenoxy) is 1. The van der Waals surface area contributed by atoms with Crippen molar-refractivity contribution in [1.82, 2.24) is 14.5 Å². The van der Waals surface area contributed by atoms with E-state index in [1.54, 1.807) is 33.0 Å². The second-order valence-electron chi connectivity index (χ2n) is 6.37. The lowest BCUT2D eigenvalue weighted by molar-refractivity contribution is 0.0542. The van der Waals surface area contributed by atoms with E-state index in [2.05, 4.69) is 11.1 Å². The molecule has 0 saturated heterocycles. The molecule has 0 N–H and O–H groups in total. The van der Waals surface area contributed by atoms with Gasteiger partial charge in [-0.05, 0) is 47.0 Å². The van der Waals surface area contributed by atoms with E-state index in [4.69, 9.17) is 4.74 Å². The summed E-state index contributed by atoms with van der Waals surface area (Å²) >= 11 is 0. The average molecular weight is 300 g/mol. The van der Waals surface area contributed by atoms with Crippen LogP contribution in [0.4, 0.5) is 4.79 Å². The zero-order valence-corrected chi connectivity index (χ0v) is 13.5. The van der Waals surface area contributed by atoms with Gasteiger partial charge >= 0.3 is 6.09 Å². The summed E-state index contributed by atoms with van der Waals surface area (Å²) in [5.74, 6) is 0. The molecular formula is C16H20N4O2. The van der Waals surface area contributed by atoms with Crippen molar-refractivity contribution in [3.63, 3.8) is 0 Å². The number of carbonyl (C=O) groups is 1. The predicted molar refractivity (Wildman–Crippen MR) is 83.5 cm³/mol. The molecule has 0 bridgehead atoms. The quantitative estimate of drug-likeness (QED) is 0.852. The molecule has 6 nitrogen and oxygen atoms in total. The van der Waals surface area contributed by atoms with Crippen LogP contribution in [0.1, 0.15) is 32.0 Å². The number of rotatable bonds is 2. The SMILES string of the molecule is CN(C)Cc1c(C#N)n(C(=O)OC(C)(C)C)c2ncccc12. The number of aromatic nitrogens is 2. The molecule has 0 unspecified atom stereocenters. The molecule has 22 heavy (non-hydrogen) atoms. The molecule has 0 amide bonds. The third-order valence-corrected chi connectivity index (χ3v) is 2.99. The summed E-state index contributed by atoms with van der Waals surface area (Å²) in [5.41, 5.74) is 0.861. The van der Waals surface area contributed by atoms with Crippen molar-refractivity contribution in [2.45, 2.75) is 32.9 Å². The van der Waals surface area contributed by atoms with Crippen molar-refractivity contribution in [3.05, 3.63) is 29.6 Å². The van der Waals surface area contributed by atoms with Crippen LogP contribution in [0.3, 0.4) is 0 Å². The highest BCUT2D eigenvalue weighted by Crippen LogP contribution is 2.26. The van der Waals surface area contributed by atoms with Crippen LogP contribution in [0.25, 0.3) is 11.0 Å². The van der Waals surface area contributed by atoms with Crippen LogP contribution in [0.2, 0.25) is 0 Å². The summed E-state index contributed by atoms with van der Waals surface area (Å²) < 4.78 is 6.68. The Morgan fingerprint density at radius 1 is 1.45 bits per heavy atom. The van der Waals surface area contributed by atoms with Crippen molar-refractivity contribution in [1.29, 1.82) is 5.26 Å². The van der Waals surface area contributed by atoms with Crippen molar-refractivity contribution in [3.8, 4) is 6.07 Å². The van der Waals surface area contributed by atoms with E-state index in [9.17, 15) is 10.1 Å². The first-order valence-electron chi connectivity index (χ1n) is 7.01. The fourth-order valence-electron chi connectivity index (χ4n) is 2.26. The second-order valence-corrected chi connectivity index (χ2v) is 6.37. The van der Waals surface area contributed by atoms with Gasteiger partial charge in [-0.2, -0.15) is 5.26 Å². The molecule has 0 spiro atoms. The van der Waals surface area contributed by atoms with Crippen molar-refractivity contribution in [2.24, 2.45) is 0 Å². The van der Waals surface area contributed by atoms with Gasteiger partial charge in [-0.15, -0.1) is 0 Å². The third kappa shape index (κ3) is 3.10. The molecule has 0 aliphatic heterocycles. The summed E-state index contributed by atoms with van der Waals surface area (Å²) in [6.07, 6.45) is 1.02. The summed E-state index contributed by atoms with van der Waals surface area (Å²) in [6, 6.07) is 5.78. The van der Waals surface area contributed by atoms with Gasteiger partial charge in [-0.3, -0.25) is 0 Å². The van der Waals surface area contributed by atoms with Gasteiger partial charge in [0.25, 0.3) is 0 Å². The minimum absolute atomic E-state index is 0.275. The minimum atomic E-state index is -0.642. The zero-order chi connectivity index (χ0) is 16.5. The third-order valence-electron chi connectivity index (χ3n) is 2.99. The molecule has 116 valence electrons. The van der Waals surface area contributed by atoms with E-state index in [0.717, 1.165) is 10.9 Å². The fraction of sp³-hybridized carbons (Fsp3) is 0.438. The molecule has 0 aromatic carbocycles. The maximum atomic E-state index is 12.5. The first kappa shape index (κ1) is 16.0. The Morgan fingerprint density at radius 2 is 2.14 bits per heavy atom. The summed E-state index contributed by atoms with van der Waals surface area (Å²) in [6.45, 7) is 5.91. The molecule has 6 heteroatoms. The van der Waals surface area contributed by atoms with E-state index in [1.165, 1.54) is 4.57 Å². The zero-order valence-electron chi connectivity index (χ0n) is 13.5. The van der Waals surface area contributed by atoms with Crippen molar-refractivity contribution < 1.29 is 9.53 Å². The molecule has 2 aromatic rings. The van der Waals surface area contributed by atoms with E-state index >= 15 is 0 Å². The average Bonchev–Trinajstić information content (AvgIpc) is 2.70. The lowest BCUT2D eigenvalue weighted by Crippen LogP contribution is -2.28. The van der Waals surface area contributed by atoms with Gasteiger partial charge in [0.2, 0.25) is 0 Å². The van der Waals surface area contributed by atoms with Crippen molar-refractivity contribution in [2.75, 3.05) is 14.1 Å². The first-order chi connectivity index (χ1) is 10.2. The smallest absolute Gasteiger partial charge is 0.421 e. The number of carbonyl (C=O) groups excluding carboxylic acids is 1. The molecule has 0 atom stereocenters. The number of fused-ring (bicyclic) bond motifs is 1. The molecular weight excluding hydrogens is 280 g/mol. The number of nitrogens with zero attached hydrogens (tertiary/aromatic N) is 4. The van der Waals surface area contributed by atoms with Crippen LogP contribution in [0.15, 0.2) is 18.3 Å². The highest BCUT2D eigenvalue weighted by Gasteiger charge is 2.26. The first-order valence-corrected chi connectivity index (χ1v) is 7.01. The highest BCUT2D eigenvalue weighted by molar-refractivity contribution is 5.92. The molecule has 0 aliphatic carbocycles. The standard InChI is InChI=1S/C16H20N4O2/c1-16(2,3)22-15(21)20-13(9-17)12(10-19(4)5)11-7-6-8-18-14(11)20/h6-8H,10H2,1-5H3. The highest BCUT2D eigenvalue weighted by atomic mass is 16.6. The summed E-state index contributed by atoms with van der Waals surface area (Å²) in [5, 5.41) is 10.3. The van der Waals surface area contributed by atoms with Crippen LogP contribution < -0.4 is 0 Å². The van der Waals surface area contributed by atoms with Crippen LogP contribution in [0.5, 0.6) is 0 Å². The Balaban J connectivity index is 2.68. The van der Waals surface area contributed by atoms with Gasteiger partial charge in [0, 0.05) is 23.7 Å². The number of hydrogen-bond acceptors (Lipinski definition) is 5. The Kier molecular flexibility index (Phi) is 4.20. The van der Waals surface area contributed by atoms with E-state index in [0.29, 0.717) is 12.2 Å². The molecule has 0 radical (unpaired) electrons. The van der Waals surface area contributed by atoms with Gasteiger partial charge < -0.3 is 9.64 Å². The Morgan fingerprint density at radius 3 is 2.68 bits per heavy atom. The Bertz CT molecular complexity index is 748. The Labute approximate surface area is 129 Å².